The number of anilines is 1. The number of ether oxygens (including phenoxy) is 2. The van der Waals surface area contributed by atoms with Crippen molar-refractivity contribution >= 4 is 22.9 Å². The van der Waals surface area contributed by atoms with Gasteiger partial charge in [0, 0.05) is 23.6 Å². The van der Waals surface area contributed by atoms with Gasteiger partial charge in [0.2, 0.25) is 5.91 Å². The highest BCUT2D eigenvalue weighted by molar-refractivity contribution is 7.10. The number of hydrogen-bond donors (Lipinski definition) is 1. The Morgan fingerprint density at radius 2 is 1.96 bits per heavy atom. The summed E-state index contributed by atoms with van der Waals surface area (Å²) in [6, 6.07) is 18.2. The normalized spacial score (nSPS) is 15.7. The summed E-state index contributed by atoms with van der Waals surface area (Å²) < 4.78 is 11.5. The van der Waals surface area contributed by atoms with E-state index in [-0.39, 0.29) is 11.8 Å². The Morgan fingerprint density at radius 3 is 2.78 bits per heavy atom. The van der Waals surface area contributed by atoms with Gasteiger partial charge in [0.05, 0.1) is 19.4 Å². The summed E-state index contributed by atoms with van der Waals surface area (Å²) in [4.78, 5) is 13.2. The highest BCUT2D eigenvalue weighted by Crippen LogP contribution is 2.42. The van der Waals surface area contributed by atoms with E-state index in [1.165, 1.54) is 10.4 Å². The molecule has 0 saturated carbocycles. The molecule has 0 radical (unpaired) electrons. The second-order valence-electron chi connectivity index (χ2n) is 6.50. The molecule has 1 aliphatic rings. The van der Waals surface area contributed by atoms with Crippen molar-refractivity contribution in [3.63, 3.8) is 0 Å². The Balaban J connectivity index is 1.51. The number of fused-ring (bicyclic) bond motifs is 1. The first-order valence-electron chi connectivity index (χ1n) is 8.96. The Bertz CT molecular complexity index is 936. The van der Waals surface area contributed by atoms with Gasteiger partial charge in [-0.05, 0) is 34.7 Å². The third-order valence-corrected chi connectivity index (χ3v) is 5.79. The molecule has 0 bridgehead atoms. The van der Waals surface area contributed by atoms with Crippen LogP contribution in [0.3, 0.4) is 0 Å². The van der Waals surface area contributed by atoms with Crippen molar-refractivity contribution in [3.05, 3.63) is 76.0 Å². The number of nitrogens with one attached hydrogen (secondary N) is 1. The molecule has 1 amide bonds. The SMILES string of the molecule is COc1cc(C2CC(=O)Nc3ccsc32)ccc1OCCc1ccccc1. The number of rotatable bonds is 6. The maximum Gasteiger partial charge on any atom is 0.225 e. The van der Waals surface area contributed by atoms with Gasteiger partial charge in [0.15, 0.2) is 11.5 Å². The second kappa shape index (κ2) is 7.84. The molecule has 0 spiro atoms. The second-order valence-corrected chi connectivity index (χ2v) is 7.45. The number of methoxy groups -OCH3 is 1. The first kappa shape index (κ1) is 17.6. The van der Waals surface area contributed by atoms with Gasteiger partial charge in [0.25, 0.3) is 0 Å². The molecule has 1 aliphatic heterocycles. The summed E-state index contributed by atoms with van der Waals surface area (Å²) in [5.41, 5.74) is 3.23. The zero-order valence-electron chi connectivity index (χ0n) is 15.1. The van der Waals surface area contributed by atoms with Crippen molar-refractivity contribution in [1.82, 2.24) is 0 Å². The summed E-state index contributed by atoms with van der Waals surface area (Å²) in [7, 11) is 1.65. The molecule has 0 aliphatic carbocycles. The summed E-state index contributed by atoms with van der Waals surface area (Å²) in [5, 5.41) is 4.95. The molecule has 27 heavy (non-hydrogen) atoms. The molecule has 1 aromatic heterocycles. The van der Waals surface area contributed by atoms with Gasteiger partial charge in [-0.25, -0.2) is 0 Å². The molecule has 0 fully saturated rings. The number of benzene rings is 2. The van der Waals surface area contributed by atoms with Crippen molar-refractivity contribution in [3.8, 4) is 11.5 Å². The fourth-order valence-corrected chi connectivity index (χ4v) is 4.37. The van der Waals surface area contributed by atoms with Crippen molar-refractivity contribution in [2.75, 3.05) is 19.0 Å². The van der Waals surface area contributed by atoms with Gasteiger partial charge in [-0.2, -0.15) is 0 Å². The van der Waals surface area contributed by atoms with Crippen molar-refractivity contribution in [2.24, 2.45) is 0 Å². The monoisotopic (exact) mass is 379 g/mol. The number of amides is 1. The standard InChI is InChI=1S/C22H21NO3S/c1-25-20-13-16(17-14-21(24)23-18-10-12-27-22(17)18)7-8-19(20)26-11-9-15-5-3-2-4-6-15/h2-8,10,12-13,17H,9,11,14H2,1H3,(H,23,24). The number of carbonyl (C=O) groups is 1. The van der Waals surface area contributed by atoms with Crippen LogP contribution in [-0.4, -0.2) is 19.6 Å². The summed E-state index contributed by atoms with van der Waals surface area (Å²) in [6.45, 7) is 0.584. The van der Waals surface area contributed by atoms with Gasteiger partial charge in [-0.3, -0.25) is 4.79 Å². The zero-order valence-corrected chi connectivity index (χ0v) is 15.9. The summed E-state index contributed by atoms with van der Waals surface area (Å²) >= 11 is 1.67. The molecule has 5 heteroatoms. The average molecular weight is 379 g/mol. The Hall–Kier alpha value is -2.79. The predicted octanol–water partition coefficient (Wildman–Crippen LogP) is 4.85. The maximum atomic E-state index is 12.0. The average Bonchev–Trinajstić information content (AvgIpc) is 3.16. The van der Waals surface area contributed by atoms with E-state index in [1.54, 1.807) is 18.4 Å². The van der Waals surface area contributed by atoms with Crippen LogP contribution in [0, 0.1) is 0 Å². The lowest BCUT2D eigenvalue weighted by atomic mass is 9.90. The van der Waals surface area contributed by atoms with Crippen LogP contribution in [0.25, 0.3) is 0 Å². The topological polar surface area (TPSA) is 47.6 Å². The molecule has 1 N–H and O–H groups in total. The van der Waals surface area contributed by atoms with Gasteiger partial charge >= 0.3 is 0 Å². The van der Waals surface area contributed by atoms with Crippen LogP contribution in [0.4, 0.5) is 5.69 Å². The Morgan fingerprint density at radius 1 is 1.11 bits per heavy atom. The van der Waals surface area contributed by atoms with Crippen molar-refractivity contribution in [1.29, 1.82) is 0 Å². The first-order chi connectivity index (χ1) is 13.2. The molecule has 1 unspecified atom stereocenters. The molecular formula is C22H21NO3S. The minimum absolute atomic E-state index is 0.0491. The van der Waals surface area contributed by atoms with Gasteiger partial charge in [-0.15, -0.1) is 11.3 Å². The highest BCUT2D eigenvalue weighted by Gasteiger charge is 2.28. The molecule has 0 saturated heterocycles. The van der Waals surface area contributed by atoms with Crippen LogP contribution in [0.1, 0.15) is 28.3 Å². The molecule has 4 nitrogen and oxygen atoms in total. The van der Waals surface area contributed by atoms with E-state index in [9.17, 15) is 4.79 Å². The van der Waals surface area contributed by atoms with E-state index >= 15 is 0 Å². The lowest BCUT2D eigenvalue weighted by Gasteiger charge is -2.23. The lowest BCUT2D eigenvalue weighted by Crippen LogP contribution is -2.22. The van der Waals surface area contributed by atoms with E-state index in [0.29, 0.717) is 18.8 Å². The van der Waals surface area contributed by atoms with Gasteiger partial charge < -0.3 is 14.8 Å². The fraction of sp³-hybridized carbons (Fsp3) is 0.227. The first-order valence-corrected chi connectivity index (χ1v) is 9.84. The maximum absolute atomic E-state index is 12.0. The van der Waals surface area contributed by atoms with Crippen molar-refractivity contribution < 1.29 is 14.3 Å². The predicted molar refractivity (Wildman–Crippen MR) is 108 cm³/mol. The third kappa shape index (κ3) is 3.83. The molecule has 3 aromatic rings. The largest absolute Gasteiger partial charge is 0.493 e. The van der Waals surface area contributed by atoms with Gasteiger partial charge in [-0.1, -0.05) is 36.4 Å². The Kier molecular flexibility index (Phi) is 5.12. The van der Waals surface area contributed by atoms with Crippen LogP contribution in [0.2, 0.25) is 0 Å². The lowest BCUT2D eigenvalue weighted by molar-refractivity contribution is -0.116. The highest BCUT2D eigenvalue weighted by atomic mass is 32.1. The smallest absolute Gasteiger partial charge is 0.225 e. The molecule has 138 valence electrons. The molecule has 1 atom stereocenters. The Labute approximate surface area is 162 Å². The molecular weight excluding hydrogens is 358 g/mol. The number of thiophene rings is 1. The minimum Gasteiger partial charge on any atom is -0.493 e. The fourth-order valence-electron chi connectivity index (χ4n) is 3.39. The molecule has 2 heterocycles. The molecule has 4 rings (SSSR count). The van der Waals surface area contributed by atoms with E-state index in [4.69, 9.17) is 9.47 Å². The summed E-state index contributed by atoms with van der Waals surface area (Å²) in [5.74, 6) is 1.53. The van der Waals surface area contributed by atoms with E-state index in [1.807, 2.05) is 47.8 Å². The van der Waals surface area contributed by atoms with Crippen LogP contribution < -0.4 is 14.8 Å². The number of carbonyl (C=O) groups excluding carboxylic acids is 1. The summed E-state index contributed by atoms with van der Waals surface area (Å²) in [6.07, 6.45) is 1.29. The number of hydrogen-bond acceptors (Lipinski definition) is 4. The molecule has 2 aromatic carbocycles. The van der Waals surface area contributed by atoms with Crippen molar-refractivity contribution in [2.45, 2.75) is 18.8 Å². The van der Waals surface area contributed by atoms with Gasteiger partial charge in [0.1, 0.15) is 0 Å². The van der Waals surface area contributed by atoms with E-state index < -0.39 is 0 Å². The van der Waals surface area contributed by atoms with Crippen LogP contribution >= 0.6 is 11.3 Å². The minimum atomic E-state index is 0.0491. The van der Waals surface area contributed by atoms with E-state index in [2.05, 4.69) is 17.4 Å². The zero-order chi connectivity index (χ0) is 18.6. The van der Waals surface area contributed by atoms with Crippen LogP contribution in [0.5, 0.6) is 11.5 Å². The quantitative estimate of drug-likeness (QED) is 0.666. The van der Waals surface area contributed by atoms with Crippen LogP contribution in [-0.2, 0) is 11.2 Å². The van der Waals surface area contributed by atoms with Crippen LogP contribution in [0.15, 0.2) is 60.0 Å². The van der Waals surface area contributed by atoms with E-state index in [0.717, 1.165) is 23.4 Å². The third-order valence-electron chi connectivity index (χ3n) is 4.76.